The van der Waals surface area contributed by atoms with Gasteiger partial charge in [-0.15, -0.1) is 0 Å². The summed E-state index contributed by atoms with van der Waals surface area (Å²) < 4.78 is 4.15. The SMILES string of the molecule is CCC1(CC)CCN(c2snc(N)c2C(=O)NC)C1. The van der Waals surface area contributed by atoms with Gasteiger partial charge in [-0.25, -0.2) is 0 Å². The van der Waals surface area contributed by atoms with Gasteiger partial charge in [-0.3, -0.25) is 4.79 Å². The summed E-state index contributed by atoms with van der Waals surface area (Å²) in [5.41, 5.74) is 6.74. The Hall–Kier alpha value is -1.30. The molecule has 0 spiro atoms. The van der Waals surface area contributed by atoms with E-state index >= 15 is 0 Å². The largest absolute Gasteiger partial charge is 0.382 e. The van der Waals surface area contributed by atoms with Gasteiger partial charge < -0.3 is 16.0 Å². The summed E-state index contributed by atoms with van der Waals surface area (Å²) in [6.07, 6.45) is 3.51. The molecular formula is C13H22N4OS. The van der Waals surface area contributed by atoms with Gasteiger partial charge in [-0.2, -0.15) is 4.37 Å². The van der Waals surface area contributed by atoms with Crippen molar-refractivity contribution in [1.29, 1.82) is 0 Å². The van der Waals surface area contributed by atoms with E-state index in [1.165, 1.54) is 30.8 Å². The van der Waals surface area contributed by atoms with Crippen molar-refractivity contribution in [3.63, 3.8) is 0 Å². The average molecular weight is 282 g/mol. The van der Waals surface area contributed by atoms with E-state index in [-0.39, 0.29) is 5.91 Å². The van der Waals surface area contributed by atoms with Crippen molar-refractivity contribution >= 4 is 28.3 Å². The molecule has 0 bridgehead atoms. The van der Waals surface area contributed by atoms with Crippen LogP contribution in [0.1, 0.15) is 43.5 Å². The Kier molecular flexibility index (Phi) is 3.99. The summed E-state index contributed by atoms with van der Waals surface area (Å²) in [5, 5.41) is 3.56. The normalized spacial score (nSPS) is 17.7. The van der Waals surface area contributed by atoms with Gasteiger partial charge in [0.2, 0.25) is 0 Å². The van der Waals surface area contributed by atoms with Crippen molar-refractivity contribution in [3.05, 3.63) is 5.56 Å². The molecule has 19 heavy (non-hydrogen) atoms. The van der Waals surface area contributed by atoms with Crippen LogP contribution in [0.25, 0.3) is 0 Å². The highest BCUT2D eigenvalue weighted by Crippen LogP contribution is 2.42. The van der Waals surface area contributed by atoms with Crippen LogP contribution >= 0.6 is 11.5 Å². The molecule has 0 unspecified atom stereocenters. The molecule has 0 aromatic carbocycles. The molecule has 3 N–H and O–H groups in total. The summed E-state index contributed by atoms with van der Waals surface area (Å²) >= 11 is 1.33. The molecule has 1 aromatic rings. The highest BCUT2D eigenvalue weighted by atomic mass is 32.1. The number of hydrogen-bond donors (Lipinski definition) is 2. The maximum atomic E-state index is 11.9. The number of nitrogen functional groups attached to an aromatic ring is 1. The third-order valence-corrected chi connectivity index (χ3v) is 5.30. The molecule has 2 heterocycles. The molecule has 2 rings (SSSR count). The lowest BCUT2D eigenvalue weighted by Crippen LogP contribution is -2.28. The van der Waals surface area contributed by atoms with Crippen molar-refractivity contribution in [2.24, 2.45) is 5.41 Å². The summed E-state index contributed by atoms with van der Waals surface area (Å²) in [6, 6.07) is 0. The standard InChI is InChI=1S/C13H22N4OS/c1-4-13(5-2)6-7-17(8-13)12-9(11(18)15-3)10(14)16-19-12/h4-8H2,1-3H3,(H2,14,16)(H,15,18). The number of anilines is 2. The van der Waals surface area contributed by atoms with Crippen molar-refractivity contribution in [2.75, 3.05) is 30.8 Å². The van der Waals surface area contributed by atoms with Crippen LogP contribution in [0.5, 0.6) is 0 Å². The zero-order valence-electron chi connectivity index (χ0n) is 11.8. The molecule has 1 aromatic heterocycles. The molecule has 5 nitrogen and oxygen atoms in total. The van der Waals surface area contributed by atoms with Crippen molar-refractivity contribution in [1.82, 2.24) is 9.69 Å². The Labute approximate surface area is 118 Å². The number of nitrogens with one attached hydrogen (secondary N) is 1. The maximum Gasteiger partial charge on any atom is 0.257 e. The minimum absolute atomic E-state index is 0.147. The fraction of sp³-hybridized carbons (Fsp3) is 0.692. The van der Waals surface area contributed by atoms with Gasteiger partial charge in [0.1, 0.15) is 10.6 Å². The predicted molar refractivity (Wildman–Crippen MR) is 79.8 cm³/mol. The maximum absolute atomic E-state index is 11.9. The Morgan fingerprint density at radius 1 is 1.53 bits per heavy atom. The van der Waals surface area contributed by atoms with Gasteiger partial charge in [0.25, 0.3) is 5.91 Å². The van der Waals surface area contributed by atoms with E-state index in [1.807, 2.05) is 0 Å². The lowest BCUT2D eigenvalue weighted by atomic mass is 9.82. The van der Waals surface area contributed by atoms with Crippen molar-refractivity contribution in [2.45, 2.75) is 33.1 Å². The molecule has 1 aliphatic heterocycles. The van der Waals surface area contributed by atoms with E-state index in [0.29, 0.717) is 16.8 Å². The minimum Gasteiger partial charge on any atom is -0.382 e. The first kappa shape index (κ1) is 14.1. The van der Waals surface area contributed by atoms with Gasteiger partial charge in [0.15, 0.2) is 5.82 Å². The molecule has 1 saturated heterocycles. The van der Waals surface area contributed by atoms with Crippen LogP contribution in [0.2, 0.25) is 0 Å². The zero-order chi connectivity index (χ0) is 14.0. The number of amides is 1. The third-order valence-electron chi connectivity index (χ3n) is 4.38. The van der Waals surface area contributed by atoms with Crippen LogP contribution in [-0.2, 0) is 0 Å². The Morgan fingerprint density at radius 3 is 2.74 bits per heavy atom. The Bertz CT molecular complexity index is 467. The number of carbonyl (C=O) groups is 1. The Morgan fingerprint density at radius 2 is 2.21 bits per heavy atom. The molecule has 1 amide bonds. The minimum atomic E-state index is -0.147. The van der Waals surface area contributed by atoms with Crippen molar-refractivity contribution < 1.29 is 4.79 Å². The number of nitrogens with zero attached hydrogens (tertiary/aromatic N) is 2. The van der Waals surface area contributed by atoms with E-state index in [4.69, 9.17) is 5.73 Å². The van der Waals surface area contributed by atoms with Gasteiger partial charge in [-0.05, 0) is 36.2 Å². The number of rotatable bonds is 4. The van der Waals surface area contributed by atoms with Crippen LogP contribution in [0.4, 0.5) is 10.8 Å². The van der Waals surface area contributed by atoms with E-state index < -0.39 is 0 Å². The molecule has 0 atom stereocenters. The molecule has 0 saturated carbocycles. The highest BCUT2D eigenvalue weighted by Gasteiger charge is 2.37. The second kappa shape index (κ2) is 5.36. The molecule has 0 radical (unpaired) electrons. The molecule has 1 fully saturated rings. The van der Waals surface area contributed by atoms with Crippen LogP contribution in [0.3, 0.4) is 0 Å². The topological polar surface area (TPSA) is 71.2 Å². The first-order valence-electron chi connectivity index (χ1n) is 6.79. The number of carbonyl (C=O) groups excluding carboxylic acids is 1. The van der Waals surface area contributed by atoms with E-state index in [9.17, 15) is 4.79 Å². The van der Waals surface area contributed by atoms with Crippen LogP contribution in [0, 0.1) is 5.41 Å². The van der Waals surface area contributed by atoms with E-state index in [2.05, 4.69) is 28.4 Å². The smallest absolute Gasteiger partial charge is 0.257 e. The Balaban J connectivity index is 2.27. The molecule has 6 heteroatoms. The first-order valence-corrected chi connectivity index (χ1v) is 7.56. The average Bonchev–Trinajstić information content (AvgIpc) is 3.02. The molecule has 0 aliphatic carbocycles. The summed E-state index contributed by atoms with van der Waals surface area (Å²) in [5.74, 6) is 0.191. The van der Waals surface area contributed by atoms with Gasteiger partial charge in [-0.1, -0.05) is 13.8 Å². The summed E-state index contributed by atoms with van der Waals surface area (Å²) in [7, 11) is 1.62. The summed E-state index contributed by atoms with van der Waals surface area (Å²) in [4.78, 5) is 14.2. The van der Waals surface area contributed by atoms with E-state index in [1.54, 1.807) is 7.05 Å². The van der Waals surface area contributed by atoms with Gasteiger partial charge in [0.05, 0.1) is 0 Å². The monoisotopic (exact) mass is 282 g/mol. The van der Waals surface area contributed by atoms with Crippen LogP contribution in [0.15, 0.2) is 0 Å². The fourth-order valence-corrected chi connectivity index (χ4v) is 3.62. The van der Waals surface area contributed by atoms with Gasteiger partial charge in [0, 0.05) is 20.1 Å². The number of aromatic nitrogens is 1. The van der Waals surface area contributed by atoms with Crippen LogP contribution in [-0.4, -0.2) is 30.4 Å². The van der Waals surface area contributed by atoms with Crippen molar-refractivity contribution in [3.8, 4) is 0 Å². The van der Waals surface area contributed by atoms with E-state index in [0.717, 1.165) is 18.1 Å². The van der Waals surface area contributed by atoms with Gasteiger partial charge >= 0.3 is 0 Å². The lowest BCUT2D eigenvalue weighted by Gasteiger charge is -2.26. The second-order valence-electron chi connectivity index (χ2n) is 5.21. The van der Waals surface area contributed by atoms with Crippen LogP contribution < -0.4 is 16.0 Å². The first-order chi connectivity index (χ1) is 9.06. The number of hydrogen-bond acceptors (Lipinski definition) is 5. The third kappa shape index (κ3) is 2.41. The lowest BCUT2D eigenvalue weighted by molar-refractivity contribution is 0.0964. The highest BCUT2D eigenvalue weighted by molar-refractivity contribution is 7.11. The molecule has 106 valence electrons. The fourth-order valence-electron chi connectivity index (χ4n) is 2.78. The quantitative estimate of drug-likeness (QED) is 0.887. The molecular weight excluding hydrogens is 260 g/mol. The second-order valence-corrected chi connectivity index (χ2v) is 5.96. The summed E-state index contributed by atoms with van der Waals surface area (Å²) in [6.45, 7) is 6.46. The predicted octanol–water partition coefficient (Wildman–Crippen LogP) is 2.10. The number of nitrogens with two attached hydrogens (primary N) is 1. The zero-order valence-corrected chi connectivity index (χ0v) is 12.6. The molecule has 1 aliphatic rings.